The van der Waals surface area contributed by atoms with E-state index in [9.17, 15) is 18.0 Å². The first-order valence-corrected chi connectivity index (χ1v) is 8.35. The van der Waals surface area contributed by atoms with Crippen molar-refractivity contribution in [3.8, 4) is 0 Å². The van der Waals surface area contributed by atoms with E-state index in [0.717, 1.165) is 11.3 Å². The number of carbonyl (C=O) groups excluding carboxylic acids is 1. The van der Waals surface area contributed by atoms with E-state index in [1.54, 1.807) is 0 Å². The van der Waals surface area contributed by atoms with Crippen LogP contribution in [0, 0.1) is 5.92 Å². The van der Waals surface area contributed by atoms with Crippen LogP contribution in [0.5, 0.6) is 0 Å². The van der Waals surface area contributed by atoms with Crippen molar-refractivity contribution in [3.63, 3.8) is 0 Å². The van der Waals surface area contributed by atoms with Crippen LogP contribution < -0.4 is 5.14 Å². The standard InChI is InChI=1S/C11H14N2O5S2/c12-20(17,18)9-4-8(6-19-9)10(14)13-3-1-2-7(5-13)11(15)16/h4,6-7H,1-3,5H2,(H,15,16)(H2,12,17,18)/t7-/m0/s1. The van der Waals surface area contributed by atoms with E-state index in [1.807, 2.05) is 0 Å². The molecule has 1 aliphatic rings. The Morgan fingerprint density at radius 2 is 2.15 bits per heavy atom. The number of nitrogens with zero attached hydrogens (tertiary/aromatic N) is 1. The van der Waals surface area contributed by atoms with Crippen molar-refractivity contribution in [3.05, 3.63) is 17.0 Å². The number of carbonyl (C=O) groups is 2. The van der Waals surface area contributed by atoms with Gasteiger partial charge in [-0.2, -0.15) is 0 Å². The summed E-state index contributed by atoms with van der Waals surface area (Å²) in [5, 5.41) is 15.4. The SMILES string of the molecule is NS(=O)(=O)c1cc(C(=O)N2CCC[C@H](C(=O)O)C2)cs1. The number of aliphatic carboxylic acids is 1. The molecule has 0 bridgehead atoms. The van der Waals surface area contributed by atoms with Gasteiger partial charge in [-0.1, -0.05) is 0 Å². The van der Waals surface area contributed by atoms with Gasteiger partial charge in [0, 0.05) is 18.5 Å². The predicted molar refractivity (Wildman–Crippen MR) is 72.0 cm³/mol. The summed E-state index contributed by atoms with van der Waals surface area (Å²) in [7, 11) is -3.82. The Bertz CT molecular complexity index is 637. The topological polar surface area (TPSA) is 118 Å². The summed E-state index contributed by atoms with van der Waals surface area (Å²) in [4.78, 5) is 24.6. The van der Waals surface area contributed by atoms with Crippen LogP contribution in [0.1, 0.15) is 23.2 Å². The van der Waals surface area contributed by atoms with Crippen molar-refractivity contribution in [2.24, 2.45) is 11.1 Å². The summed E-state index contributed by atoms with van der Waals surface area (Å²) in [6, 6.07) is 1.23. The normalized spacial score (nSPS) is 19.9. The molecule has 0 radical (unpaired) electrons. The second-order valence-electron chi connectivity index (χ2n) is 4.63. The van der Waals surface area contributed by atoms with E-state index in [0.29, 0.717) is 19.4 Å². The number of carboxylic acids is 1. The van der Waals surface area contributed by atoms with Gasteiger partial charge in [0.05, 0.1) is 11.5 Å². The maximum absolute atomic E-state index is 12.2. The Labute approximate surface area is 120 Å². The highest BCUT2D eigenvalue weighted by molar-refractivity contribution is 7.91. The highest BCUT2D eigenvalue weighted by Crippen LogP contribution is 2.23. The van der Waals surface area contributed by atoms with Gasteiger partial charge in [0.25, 0.3) is 5.91 Å². The van der Waals surface area contributed by atoms with Crippen LogP contribution >= 0.6 is 11.3 Å². The van der Waals surface area contributed by atoms with Crippen LogP contribution in [-0.2, 0) is 14.8 Å². The number of piperidine rings is 1. The minimum Gasteiger partial charge on any atom is -0.481 e. The van der Waals surface area contributed by atoms with E-state index in [-0.39, 0.29) is 22.2 Å². The van der Waals surface area contributed by atoms with Gasteiger partial charge in [-0.15, -0.1) is 11.3 Å². The van der Waals surface area contributed by atoms with Gasteiger partial charge < -0.3 is 10.0 Å². The molecule has 7 nitrogen and oxygen atoms in total. The third-order valence-corrected chi connectivity index (χ3v) is 5.55. The first kappa shape index (κ1) is 14.9. The molecule has 3 N–H and O–H groups in total. The number of hydrogen-bond donors (Lipinski definition) is 2. The highest BCUT2D eigenvalue weighted by atomic mass is 32.2. The smallest absolute Gasteiger partial charge is 0.308 e. The third kappa shape index (κ3) is 3.17. The molecule has 2 rings (SSSR count). The second-order valence-corrected chi connectivity index (χ2v) is 7.33. The second kappa shape index (κ2) is 5.51. The summed E-state index contributed by atoms with van der Waals surface area (Å²) in [6.45, 7) is 0.623. The summed E-state index contributed by atoms with van der Waals surface area (Å²) < 4.78 is 22.3. The van der Waals surface area contributed by atoms with E-state index < -0.39 is 21.9 Å². The van der Waals surface area contributed by atoms with Gasteiger partial charge in [0.1, 0.15) is 4.21 Å². The van der Waals surface area contributed by atoms with Gasteiger partial charge in [-0.3, -0.25) is 9.59 Å². The molecule has 110 valence electrons. The van der Waals surface area contributed by atoms with Crippen LogP contribution in [0.15, 0.2) is 15.7 Å². The molecule has 0 spiro atoms. The highest BCUT2D eigenvalue weighted by Gasteiger charge is 2.29. The van der Waals surface area contributed by atoms with Crippen molar-refractivity contribution >= 4 is 33.2 Å². The lowest BCUT2D eigenvalue weighted by molar-refractivity contribution is -0.143. The summed E-state index contributed by atoms with van der Waals surface area (Å²) >= 11 is 0.879. The quantitative estimate of drug-likeness (QED) is 0.833. The Balaban J connectivity index is 2.15. The summed E-state index contributed by atoms with van der Waals surface area (Å²) in [5.41, 5.74) is 0.227. The molecular formula is C11H14N2O5S2. The van der Waals surface area contributed by atoms with Crippen molar-refractivity contribution in [1.82, 2.24) is 4.90 Å². The van der Waals surface area contributed by atoms with Gasteiger partial charge in [0.15, 0.2) is 0 Å². The number of carboxylic acid groups (broad SMARTS) is 1. The van der Waals surface area contributed by atoms with Crippen LogP contribution in [0.2, 0.25) is 0 Å². The molecule has 1 atom stereocenters. The number of primary sulfonamides is 1. The fraction of sp³-hybridized carbons (Fsp3) is 0.455. The molecule has 1 saturated heterocycles. The number of nitrogens with two attached hydrogens (primary N) is 1. The fourth-order valence-corrected chi connectivity index (χ4v) is 3.70. The number of amides is 1. The number of sulfonamides is 1. The maximum atomic E-state index is 12.2. The Morgan fingerprint density at radius 1 is 1.45 bits per heavy atom. The monoisotopic (exact) mass is 318 g/mol. The minimum atomic E-state index is -3.82. The minimum absolute atomic E-state index is 0.0763. The average molecular weight is 318 g/mol. The number of rotatable bonds is 3. The molecule has 2 heterocycles. The van der Waals surface area contributed by atoms with E-state index >= 15 is 0 Å². The Hall–Kier alpha value is -1.45. The zero-order valence-corrected chi connectivity index (χ0v) is 12.1. The van der Waals surface area contributed by atoms with Gasteiger partial charge in [-0.05, 0) is 18.9 Å². The molecule has 9 heteroatoms. The van der Waals surface area contributed by atoms with Crippen LogP contribution in [0.25, 0.3) is 0 Å². The number of hydrogen-bond acceptors (Lipinski definition) is 5. The fourth-order valence-electron chi connectivity index (χ4n) is 2.12. The van der Waals surface area contributed by atoms with E-state index in [4.69, 9.17) is 10.2 Å². The molecule has 0 aliphatic carbocycles. The van der Waals surface area contributed by atoms with Crippen molar-refractivity contribution < 1.29 is 23.1 Å². The van der Waals surface area contributed by atoms with Crippen molar-refractivity contribution in [2.45, 2.75) is 17.1 Å². The molecule has 0 unspecified atom stereocenters. The molecular weight excluding hydrogens is 304 g/mol. The van der Waals surface area contributed by atoms with E-state index in [2.05, 4.69) is 0 Å². The first-order chi connectivity index (χ1) is 9.29. The lowest BCUT2D eigenvalue weighted by atomic mass is 9.98. The summed E-state index contributed by atoms with van der Waals surface area (Å²) in [6.07, 6.45) is 1.17. The zero-order valence-electron chi connectivity index (χ0n) is 10.5. The van der Waals surface area contributed by atoms with Gasteiger partial charge in [0.2, 0.25) is 10.0 Å². The third-order valence-electron chi connectivity index (χ3n) is 3.16. The molecule has 1 aliphatic heterocycles. The van der Waals surface area contributed by atoms with Crippen molar-refractivity contribution in [1.29, 1.82) is 0 Å². The number of thiophene rings is 1. The van der Waals surface area contributed by atoms with Crippen LogP contribution in [0.3, 0.4) is 0 Å². The molecule has 0 saturated carbocycles. The first-order valence-electron chi connectivity index (χ1n) is 5.92. The summed E-state index contributed by atoms with van der Waals surface area (Å²) in [5.74, 6) is -1.84. The van der Waals surface area contributed by atoms with Crippen LogP contribution in [0.4, 0.5) is 0 Å². The Morgan fingerprint density at radius 3 is 2.70 bits per heavy atom. The lowest BCUT2D eigenvalue weighted by Crippen LogP contribution is -2.42. The zero-order chi connectivity index (χ0) is 14.9. The van der Waals surface area contributed by atoms with Gasteiger partial charge in [-0.25, -0.2) is 13.6 Å². The molecule has 1 fully saturated rings. The molecule has 0 aromatic carbocycles. The largest absolute Gasteiger partial charge is 0.481 e. The molecule has 1 aromatic rings. The number of likely N-dealkylation sites (tertiary alicyclic amines) is 1. The van der Waals surface area contributed by atoms with Crippen molar-refractivity contribution in [2.75, 3.05) is 13.1 Å². The average Bonchev–Trinajstić information content (AvgIpc) is 2.87. The van der Waals surface area contributed by atoms with Gasteiger partial charge >= 0.3 is 5.97 Å². The lowest BCUT2D eigenvalue weighted by Gasteiger charge is -2.30. The predicted octanol–water partition coefficient (Wildman–Crippen LogP) is 0.332. The van der Waals surface area contributed by atoms with E-state index in [1.165, 1.54) is 16.3 Å². The molecule has 1 aromatic heterocycles. The van der Waals surface area contributed by atoms with Crippen LogP contribution in [-0.4, -0.2) is 43.4 Å². The molecule has 20 heavy (non-hydrogen) atoms. The molecule has 1 amide bonds. The maximum Gasteiger partial charge on any atom is 0.308 e. The Kier molecular flexibility index (Phi) is 4.11.